The van der Waals surface area contributed by atoms with Crippen LogP contribution in [0.25, 0.3) is 10.9 Å². The van der Waals surface area contributed by atoms with Crippen molar-refractivity contribution in [1.82, 2.24) is 4.98 Å². The molecule has 5 heteroatoms. The number of para-hydroxylation sites is 1. The number of benzene rings is 2. The highest BCUT2D eigenvalue weighted by molar-refractivity contribution is 6.06. The molecule has 0 atom stereocenters. The summed E-state index contributed by atoms with van der Waals surface area (Å²) in [5.74, 6) is -0.714. The molecule has 0 saturated carbocycles. The zero-order valence-corrected chi connectivity index (χ0v) is 16.8. The SMILES string of the molecule is CCCCCCCCOc1cc2cc(C(=O)Nc3ccccc3)ccc2nc1F. The number of halogens is 1. The van der Waals surface area contributed by atoms with Gasteiger partial charge >= 0.3 is 0 Å². The minimum absolute atomic E-state index is 0.131. The summed E-state index contributed by atoms with van der Waals surface area (Å²) in [5, 5.41) is 3.52. The van der Waals surface area contributed by atoms with Crippen molar-refractivity contribution in [3.8, 4) is 5.75 Å². The van der Waals surface area contributed by atoms with Gasteiger partial charge in [0.2, 0.25) is 0 Å². The van der Waals surface area contributed by atoms with Gasteiger partial charge in [0.15, 0.2) is 5.75 Å². The van der Waals surface area contributed by atoms with Gasteiger partial charge in [-0.15, -0.1) is 0 Å². The molecule has 0 unspecified atom stereocenters. The highest BCUT2D eigenvalue weighted by Gasteiger charge is 2.11. The zero-order chi connectivity index (χ0) is 20.5. The first kappa shape index (κ1) is 20.8. The number of ether oxygens (including phenoxy) is 1. The Hall–Kier alpha value is -2.95. The molecule has 29 heavy (non-hydrogen) atoms. The van der Waals surface area contributed by atoms with Crippen molar-refractivity contribution in [2.45, 2.75) is 45.4 Å². The van der Waals surface area contributed by atoms with Crippen LogP contribution in [0.2, 0.25) is 0 Å². The first-order chi connectivity index (χ1) is 14.2. The van der Waals surface area contributed by atoms with Crippen LogP contribution in [0.4, 0.5) is 10.1 Å². The molecule has 0 aliphatic rings. The number of hydrogen-bond acceptors (Lipinski definition) is 3. The summed E-state index contributed by atoms with van der Waals surface area (Å²) in [4.78, 5) is 16.5. The van der Waals surface area contributed by atoms with E-state index in [0.717, 1.165) is 18.5 Å². The van der Waals surface area contributed by atoms with Crippen LogP contribution in [0, 0.1) is 5.95 Å². The molecule has 3 rings (SSSR count). The Bertz CT molecular complexity index is 944. The van der Waals surface area contributed by atoms with Gasteiger partial charge in [0.1, 0.15) is 0 Å². The number of amides is 1. The molecule has 0 spiro atoms. The standard InChI is InChI=1S/C24H27FN2O2/c1-2-3-4-5-6-10-15-29-22-17-19-16-18(13-14-21(19)27-23(22)25)24(28)26-20-11-8-7-9-12-20/h7-9,11-14,16-17H,2-6,10,15H2,1H3,(H,26,28). The molecule has 2 aromatic carbocycles. The summed E-state index contributed by atoms with van der Waals surface area (Å²) in [6.07, 6.45) is 6.85. The molecule has 0 aliphatic heterocycles. The lowest BCUT2D eigenvalue weighted by atomic mass is 10.1. The van der Waals surface area contributed by atoms with Crippen LogP contribution in [0.3, 0.4) is 0 Å². The number of carbonyl (C=O) groups is 1. The molecule has 0 bridgehead atoms. The van der Waals surface area contributed by atoms with Crippen LogP contribution < -0.4 is 10.1 Å². The average molecular weight is 394 g/mol. The maximum Gasteiger partial charge on any atom is 0.255 e. The molecular formula is C24H27FN2O2. The lowest BCUT2D eigenvalue weighted by Gasteiger charge is -2.09. The Morgan fingerprint density at radius 1 is 1.00 bits per heavy atom. The van der Waals surface area contributed by atoms with Crippen molar-refractivity contribution in [1.29, 1.82) is 0 Å². The Kier molecular flexibility index (Phi) is 7.56. The summed E-state index contributed by atoms with van der Waals surface area (Å²) < 4.78 is 19.8. The first-order valence-corrected chi connectivity index (χ1v) is 10.3. The van der Waals surface area contributed by atoms with Gasteiger partial charge in [-0.25, -0.2) is 4.98 Å². The summed E-state index contributed by atoms with van der Waals surface area (Å²) >= 11 is 0. The summed E-state index contributed by atoms with van der Waals surface area (Å²) in [6, 6.07) is 15.9. The van der Waals surface area contributed by atoms with E-state index in [0.29, 0.717) is 23.1 Å². The largest absolute Gasteiger partial charge is 0.489 e. The molecule has 3 aromatic rings. The van der Waals surface area contributed by atoms with Crippen molar-refractivity contribution in [2.24, 2.45) is 0 Å². The normalized spacial score (nSPS) is 10.8. The average Bonchev–Trinajstić information content (AvgIpc) is 2.73. The van der Waals surface area contributed by atoms with Crippen LogP contribution in [0.15, 0.2) is 54.6 Å². The zero-order valence-electron chi connectivity index (χ0n) is 16.8. The molecule has 0 radical (unpaired) electrons. The fraction of sp³-hybridized carbons (Fsp3) is 0.333. The third-order valence-electron chi connectivity index (χ3n) is 4.79. The fourth-order valence-corrected chi connectivity index (χ4v) is 3.17. The van der Waals surface area contributed by atoms with E-state index in [1.807, 2.05) is 30.3 Å². The Balaban J connectivity index is 1.64. The summed E-state index contributed by atoms with van der Waals surface area (Å²) in [6.45, 7) is 2.65. The second-order valence-corrected chi connectivity index (χ2v) is 7.12. The van der Waals surface area contributed by atoms with Crippen LogP contribution in [-0.2, 0) is 0 Å². The number of carbonyl (C=O) groups excluding carboxylic acids is 1. The number of aromatic nitrogens is 1. The van der Waals surface area contributed by atoms with Gasteiger partial charge in [0.25, 0.3) is 11.9 Å². The number of pyridine rings is 1. The topological polar surface area (TPSA) is 51.2 Å². The van der Waals surface area contributed by atoms with Gasteiger partial charge in [0, 0.05) is 16.6 Å². The molecule has 1 aromatic heterocycles. The number of unbranched alkanes of at least 4 members (excludes halogenated alkanes) is 5. The summed E-state index contributed by atoms with van der Waals surface area (Å²) in [7, 11) is 0. The van der Waals surface area contributed by atoms with E-state index in [-0.39, 0.29) is 11.7 Å². The van der Waals surface area contributed by atoms with Gasteiger partial charge in [-0.1, -0.05) is 57.2 Å². The minimum atomic E-state index is -0.620. The van der Waals surface area contributed by atoms with Crippen LogP contribution >= 0.6 is 0 Å². The number of nitrogens with zero attached hydrogens (tertiary/aromatic N) is 1. The molecule has 0 fully saturated rings. The first-order valence-electron chi connectivity index (χ1n) is 10.3. The van der Waals surface area contributed by atoms with E-state index in [1.165, 1.54) is 25.7 Å². The van der Waals surface area contributed by atoms with Gasteiger partial charge in [-0.05, 0) is 42.8 Å². The lowest BCUT2D eigenvalue weighted by molar-refractivity contribution is 0.102. The third-order valence-corrected chi connectivity index (χ3v) is 4.79. The van der Waals surface area contributed by atoms with E-state index in [1.54, 1.807) is 24.3 Å². The maximum atomic E-state index is 14.2. The van der Waals surface area contributed by atoms with Crippen molar-refractivity contribution < 1.29 is 13.9 Å². The van der Waals surface area contributed by atoms with Crippen molar-refractivity contribution in [3.63, 3.8) is 0 Å². The molecule has 1 N–H and O–H groups in total. The van der Waals surface area contributed by atoms with E-state index in [4.69, 9.17) is 4.74 Å². The lowest BCUT2D eigenvalue weighted by Crippen LogP contribution is -2.11. The van der Waals surface area contributed by atoms with E-state index >= 15 is 0 Å². The van der Waals surface area contributed by atoms with Crippen molar-refractivity contribution >= 4 is 22.5 Å². The van der Waals surface area contributed by atoms with Crippen LogP contribution in [-0.4, -0.2) is 17.5 Å². The number of hydrogen-bond donors (Lipinski definition) is 1. The quantitative estimate of drug-likeness (QED) is 0.321. The molecule has 0 aliphatic carbocycles. The predicted octanol–water partition coefficient (Wildman–Crippen LogP) is 6.37. The highest BCUT2D eigenvalue weighted by atomic mass is 19.1. The Labute approximate surface area is 171 Å². The second kappa shape index (κ2) is 10.6. The van der Waals surface area contributed by atoms with Gasteiger partial charge in [-0.3, -0.25) is 4.79 Å². The predicted molar refractivity (Wildman–Crippen MR) is 115 cm³/mol. The van der Waals surface area contributed by atoms with Gasteiger partial charge < -0.3 is 10.1 Å². The Morgan fingerprint density at radius 2 is 1.76 bits per heavy atom. The third kappa shape index (κ3) is 6.01. The molecule has 4 nitrogen and oxygen atoms in total. The van der Waals surface area contributed by atoms with E-state index in [9.17, 15) is 9.18 Å². The highest BCUT2D eigenvalue weighted by Crippen LogP contribution is 2.24. The number of rotatable bonds is 10. The molecule has 1 heterocycles. The molecule has 0 saturated heterocycles. The van der Waals surface area contributed by atoms with Crippen LogP contribution in [0.5, 0.6) is 5.75 Å². The number of anilines is 1. The van der Waals surface area contributed by atoms with E-state index < -0.39 is 5.95 Å². The second-order valence-electron chi connectivity index (χ2n) is 7.12. The van der Waals surface area contributed by atoms with Crippen LogP contribution in [0.1, 0.15) is 55.8 Å². The number of nitrogens with one attached hydrogen (secondary N) is 1. The summed E-state index contributed by atoms with van der Waals surface area (Å²) in [5.41, 5.74) is 1.69. The van der Waals surface area contributed by atoms with Gasteiger partial charge in [-0.2, -0.15) is 4.39 Å². The molecule has 1 amide bonds. The van der Waals surface area contributed by atoms with Crippen molar-refractivity contribution in [2.75, 3.05) is 11.9 Å². The fourth-order valence-electron chi connectivity index (χ4n) is 3.17. The molecule has 152 valence electrons. The Morgan fingerprint density at radius 3 is 2.55 bits per heavy atom. The smallest absolute Gasteiger partial charge is 0.255 e. The molecular weight excluding hydrogens is 367 g/mol. The number of fused-ring (bicyclic) bond motifs is 1. The van der Waals surface area contributed by atoms with Gasteiger partial charge in [0.05, 0.1) is 12.1 Å². The maximum absolute atomic E-state index is 14.2. The minimum Gasteiger partial charge on any atom is -0.489 e. The van der Waals surface area contributed by atoms with E-state index in [2.05, 4.69) is 17.2 Å². The monoisotopic (exact) mass is 394 g/mol. The van der Waals surface area contributed by atoms with Crippen molar-refractivity contribution in [3.05, 3.63) is 66.1 Å².